The Balaban J connectivity index is 1.79. The number of rotatable bonds is 4. The van der Waals surface area contributed by atoms with Gasteiger partial charge in [0.1, 0.15) is 0 Å². The maximum Gasteiger partial charge on any atom is 0.0771 e. The topological polar surface area (TPSA) is 32.3 Å². The summed E-state index contributed by atoms with van der Waals surface area (Å²) in [6, 6.07) is 0.600. The summed E-state index contributed by atoms with van der Waals surface area (Å²) in [6.07, 6.45) is 8.23. The Labute approximate surface area is 119 Å². The molecule has 2 N–H and O–H groups in total. The van der Waals surface area contributed by atoms with E-state index in [4.69, 9.17) is 0 Å². The van der Waals surface area contributed by atoms with E-state index in [0.29, 0.717) is 11.5 Å². The molecule has 2 aliphatic carbocycles. The van der Waals surface area contributed by atoms with Gasteiger partial charge in [0.15, 0.2) is 0 Å². The quantitative estimate of drug-likeness (QED) is 0.813. The highest BCUT2D eigenvalue weighted by molar-refractivity contribution is 4.94. The predicted molar refractivity (Wildman–Crippen MR) is 81.2 cm³/mol. The van der Waals surface area contributed by atoms with Gasteiger partial charge in [0.25, 0.3) is 0 Å². The van der Waals surface area contributed by atoms with Crippen molar-refractivity contribution < 1.29 is 5.11 Å². The van der Waals surface area contributed by atoms with Crippen LogP contribution in [0.4, 0.5) is 0 Å². The number of nitrogens with one attached hydrogen (secondary N) is 1. The molecule has 2 atom stereocenters. The highest BCUT2D eigenvalue weighted by Gasteiger charge is 2.38. The zero-order valence-electron chi connectivity index (χ0n) is 13.3. The molecule has 2 saturated carbocycles. The first-order chi connectivity index (χ1) is 8.84. The summed E-state index contributed by atoms with van der Waals surface area (Å²) < 4.78 is 0. The van der Waals surface area contributed by atoms with Crippen LogP contribution < -0.4 is 5.32 Å². The zero-order chi connectivity index (χ0) is 14.1. The molecule has 0 aromatic heterocycles. The van der Waals surface area contributed by atoms with Crippen molar-refractivity contribution in [1.29, 1.82) is 0 Å². The Bertz CT molecular complexity index is 292. The fraction of sp³-hybridized carbons (Fsp3) is 1.00. The van der Waals surface area contributed by atoms with Gasteiger partial charge in [-0.15, -0.1) is 0 Å². The van der Waals surface area contributed by atoms with E-state index in [2.05, 4.69) is 33.0 Å². The number of aliphatic hydroxyl groups is 1. The van der Waals surface area contributed by atoms with Crippen LogP contribution in [-0.4, -0.2) is 23.3 Å². The van der Waals surface area contributed by atoms with Gasteiger partial charge in [-0.1, -0.05) is 34.1 Å². The molecule has 2 fully saturated rings. The highest BCUT2D eigenvalue weighted by atomic mass is 16.3. The molecule has 0 radical (unpaired) electrons. The van der Waals surface area contributed by atoms with Crippen molar-refractivity contribution in [2.75, 3.05) is 6.54 Å². The summed E-state index contributed by atoms with van der Waals surface area (Å²) in [4.78, 5) is 0. The minimum absolute atomic E-state index is 0.432. The molecule has 19 heavy (non-hydrogen) atoms. The summed E-state index contributed by atoms with van der Waals surface area (Å²) in [6.45, 7) is 10.2. The lowest BCUT2D eigenvalue weighted by molar-refractivity contribution is -0.0114. The molecule has 0 aromatic rings. The number of hydrogen-bond acceptors (Lipinski definition) is 2. The molecule has 0 heterocycles. The molecule has 0 aromatic carbocycles. The predicted octanol–water partition coefficient (Wildman–Crippen LogP) is 3.73. The molecule has 2 aliphatic rings. The van der Waals surface area contributed by atoms with E-state index in [1.807, 2.05) is 0 Å². The van der Waals surface area contributed by atoms with Crippen molar-refractivity contribution in [2.24, 2.45) is 17.3 Å². The van der Waals surface area contributed by atoms with E-state index in [1.165, 1.54) is 32.1 Å². The second kappa shape index (κ2) is 5.73. The third kappa shape index (κ3) is 3.95. The van der Waals surface area contributed by atoms with Gasteiger partial charge in [-0.05, 0) is 55.8 Å². The van der Waals surface area contributed by atoms with Gasteiger partial charge in [0.05, 0.1) is 5.60 Å². The fourth-order valence-corrected chi connectivity index (χ4v) is 4.29. The van der Waals surface area contributed by atoms with Gasteiger partial charge in [0, 0.05) is 12.6 Å². The van der Waals surface area contributed by atoms with Crippen LogP contribution in [0, 0.1) is 17.3 Å². The molecule has 112 valence electrons. The van der Waals surface area contributed by atoms with E-state index >= 15 is 0 Å². The Morgan fingerprint density at radius 3 is 2.26 bits per heavy atom. The second-order valence-electron chi connectivity index (χ2n) is 8.11. The molecular weight excluding hydrogens is 234 g/mol. The zero-order valence-corrected chi connectivity index (χ0v) is 13.3. The first-order valence-electron chi connectivity index (χ1n) is 8.29. The summed E-state index contributed by atoms with van der Waals surface area (Å²) in [5.41, 5.74) is 0.0394. The summed E-state index contributed by atoms with van der Waals surface area (Å²) >= 11 is 0. The van der Waals surface area contributed by atoms with Crippen LogP contribution in [-0.2, 0) is 0 Å². The normalized spacial score (nSPS) is 42.5. The van der Waals surface area contributed by atoms with Gasteiger partial charge >= 0.3 is 0 Å². The largest absolute Gasteiger partial charge is 0.389 e. The van der Waals surface area contributed by atoms with Crippen LogP contribution in [0.1, 0.15) is 72.6 Å². The van der Waals surface area contributed by atoms with E-state index in [9.17, 15) is 5.11 Å². The Kier molecular flexibility index (Phi) is 4.62. The number of hydrogen-bond donors (Lipinski definition) is 2. The monoisotopic (exact) mass is 267 g/mol. The second-order valence-corrected chi connectivity index (χ2v) is 8.11. The van der Waals surface area contributed by atoms with Crippen LogP contribution >= 0.6 is 0 Å². The average Bonchev–Trinajstić information content (AvgIpc) is 2.61. The molecule has 2 nitrogen and oxygen atoms in total. The standard InChI is InChI=1S/C17H33NO/c1-5-14-6-8-17(19,9-7-14)12-18-15-11-16(3,4)10-13(15)2/h13-15,18-19H,5-12H2,1-4H3. The van der Waals surface area contributed by atoms with Crippen LogP contribution in [0.3, 0.4) is 0 Å². The van der Waals surface area contributed by atoms with Crippen molar-refractivity contribution >= 4 is 0 Å². The first kappa shape index (κ1) is 15.3. The first-order valence-corrected chi connectivity index (χ1v) is 8.29. The van der Waals surface area contributed by atoms with E-state index < -0.39 is 5.60 Å². The Morgan fingerprint density at radius 2 is 1.79 bits per heavy atom. The Hall–Kier alpha value is -0.0800. The summed E-state index contributed by atoms with van der Waals surface area (Å²) in [5.74, 6) is 1.59. The van der Waals surface area contributed by atoms with Crippen LogP contribution in [0.2, 0.25) is 0 Å². The summed E-state index contributed by atoms with van der Waals surface area (Å²) in [7, 11) is 0. The lowest BCUT2D eigenvalue weighted by atomic mass is 9.77. The minimum Gasteiger partial charge on any atom is -0.389 e. The van der Waals surface area contributed by atoms with Crippen molar-refractivity contribution in [1.82, 2.24) is 5.32 Å². The van der Waals surface area contributed by atoms with Gasteiger partial charge < -0.3 is 10.4 Å². The lowest BCUT2D eigenvalue weighted by Gasteiger charge is -2.37. The van der Waals surface area contributed by atoms with Gasteiger partial charge in [-0.2, -0.15) is 0 Å². The molecule has 2 rings (SSSR count). The third-order valence-corrected chi connectivity index (χ3v) is 5.64. The molecule has 0 saturated heterocycles. The van der Waals surface area contributed by atoms with Crippen LogP contribution in [0.15, 0.2) is 0 Å². The third-order valence-electron chi connectivity index (χ3n) is 5.64. The molecule has 0 amide bonds. The minimum atomic E-state index is -0.432. The molecular formula is C17H33NO. The molecule has 0 spiro atoms. The SMILES string of the molecule is CCC1CCC(O)(CNC2CC(C)(C)CC2C)CC1. The molecule has 2 heteroatoms. The fourth-order valence-electron chi connectivity index (χ4n) is 4.29. The van der Waals surface area contributed by atoms with E-state index in [1.54, 1.807) is 0 Å². The molecule has 2 unspecified atom stereocenters. The molecule has 0 bridgehead atoms. The van der Waals surface area contributed by atoms with Crippen LogP contribution in [0.5, 0.6) is 0 Å². The smallest absolute Gasteiger partial charge is 0.0771 e. The van der Waals surface area contributed by atoms with Crippen molar-refractivity contribution in [3.63, 3.8) is 0 Å². The van der Waals surface area contributed by atoms with Crippen LogP contribution in [0.25, 0.3) is 0 Å². The molecule has 0 aliphatic heterocycles. The average molecular weight is 267 g/mol. The highest BCUT2D eigenvalue weighted by Crippen LogP contribution is 2.41. The van der Waals surface area contributed by atoms with E-state index in [-0.39, 0.29) is 0 Å². The van der Waals surface area contributed by atoms with E-state index in [0.717, 1.165) is 31.2 Å². The summed E-state index contributed by atoms with van der Waals surface area (Å²) in [5, 5.41) is 14.4. The maximum absolute atomic E-state index is 10.7. The maximum atomic E-state index is 10.7. The van der Waals surface area contributed by atoms with Gasteiger partial charge in [-0.25, -0.2) is 0 Å². The van der Waals surface area contributed by atoms with Crippen molar-refractivity contribution in [3.05, 3.63) is 0 Å². The van der Waals surface area contributed by atoms with Crippen molar-refractivity contribution in [2.45, 2.75) is 84.3 Å². The van der Waals surface area contributed by atoms with Crippen molar-refractivity contribution in [3.8, 4) is 0 Å². The Morgan fingerprint density at radius 1 is 1.16 bits per heavy atom. The van der Waals surface area contributed by atoms with Gasteiger partial charge in [0.2, 0.25) is 0 Å². The lowest BCUT2D eigenvalue weighted by Crippen LogP contribution is -2.47. The van der Waals surface area contributed by atoms with Gasteiger partial charge in [-0.3, -0.25) is 0 Å².